The number of aryl methyl sites for hydroxylation is 1. The van der Waals surface area contributed by atoms with Gasteiger partial charge in [-0.3, -0.25) is 0 Å². The SMILES string of the molecule is Cc1ccc2c(c1)N(CCCN1CCC(CN(C)S(N)(=O)=O)CC1)c1ccccc1S2. The van der Waals surface area contributed by atoms with Crippen molar-refractivity contribution < 1.29 is 8.42 Å². The van der Waals surface area contributed by atoms with E-state index in [9.17, 15) is 8.42 Å². The summed E-state index contributed by atoms with van der Waals surface area (Å²) < 4.78 is 24.2. The standard InChI is InChI=1S/C23H32N4O2S2/c1-18-8-9-23-21(16-18)27(20-6-3-4-7-22(20)30-23)13-5-12-26-14-10-19(11-15-26)17-25(2)31(24,28)29/h3-4,6-9,16,19H,5,10-15,17H2,1-2H3,(H2,24,28,29). The summed E-state index contributed by atoms with van der Waals surface area (Å²) >= 11 is 1.86. The molecular formula is C23H32N4O2S2. The molecule has 4 rings (SSSR count). The van der Waals surface area contributed by atoms with E-state index >= 15 is 0 Å². The molecular weight excluding hydrogens is 428 g/mol. The van der Waals surface area contributed by atoms with Gasteiger partial charge in [-0.25, -0.2) is 5.14 Å². The van der Waals surface area contributed by atoms with Crippen LogP contribution in [0.2, 0.25) is 0 Å². The van der Waals surface area contributed by atoms with Gasteiger partial charge >= 0.3 is 0 Å². The van der Waals surface area contributed by atoms with Gasteiger partial charge in [0.2, 0.25) is 0 Å². The fourth-order valence-corrected chi connectivity index (χ4v) is 5.99. The lowest BCUT2D eigenvalue weighted by atomic mass is 9.97. The zero-order chi connectivity index (χ0) is 22.0. The van der Waals surface area contributed by atoms with Gasteiger partial charge in [0.1, 0.15) is 0 Å². The van der Waals surface area contributed by atoms with Crippen LogP contribution in [0.1, 0.15) is 24.8 Å². The molecule has 6 nitrogen and oxygen atoms in total. The van der Waals surface area contributed by atoms with E-state index in [1.165, 1.54) is 31.0 Å². The number of para-hydroxylation sites is 1. The smallest absolute Gasteiger partial charge is 0.276 e. The molecule has 1 saturated heterocycles. The van der Waals surface area contributed by atoms with E-state index in [0.717, 1.165) is 45.4 Å². The molecule has 1 fully saturated rings. The molecule has 2 N–H and O–H groups in total. The van der Waals surface area contributed by atoms with Gasteiger partial charge in [0.05, 0.1) is 11.4 Å². The number of piperidine rings is 1. The third-order valence-corrected chi connectivity index (χ3v) is 8.44. The number of anilines is 2. The van der Waals surface area contributed by atoms with E-state index in [1.807, 2.05) is 11.8 Å². The van der Waals surface area contributed by atoms with E-state index in [4.69, 9.17) is 5.14 Å². The summed E-state index contributed by atoms with van der Waals surface area (Å²) in [7, 11) is -2.02. The summed E-state index contributed by atoms with van der Waals surface area (Å²) in [6.45, 7) is 6.76. The second kappa shape index (κ2) is 9.50. The molecule has 0 saturated carbocycles. The molecule has 31 heavy (non-hydrogen) atoms. The predicted molar refractivity (Wildman–Crippen MR) is 128 cm³/mol. The molecule has 0 atom stereocenters. The Bertz CT molecular complexity index is 1020. The maximum absolute atomic E-state index is 11.4. The minimum absolute atomic E-state index is 0.389. The second-order valence-corrected chi connectivity index (χ2v) is 11.4. The molecule has 168 valence electrons. The number of nitrogens with zero attached hydrogens (tertiary/aromatic N) is 3. The van der Waals surface area contributed by atoms with Gasteiger partial charge in [0.15, 0.2) is 0 Å². The van der Waals surface area contributed by atoms with Crippen LogP contribution in [-0.4, -0.2) is 57.4 Å². The van der Waals surface area contributed by atoms with Crippen LogP contribution in [-0.2, 0) is 10.2 Å². The topological polar surface area (TPSA) is 69.9 Å². The van der Waals surface area contributed by atoms with Crippen LogP contribution in [0.25, 0.3) is 0 Å². The van der Waals surface area contributed by atoms with Crippen molar-refractivity contribution in [1.29, 1.82) is 0 Å². The van der Waals surface area contributed by atoms with E-state index < -0.39 is 10.2 Å². The fraction of sp³-hybridized carbons (Fsp3) is 0.478. The van der Waals surface area contributed by atoms with Crippen LogP contribution >= 0.6 is 11.8 Å². The monoisotopic (exact) mass is 460 g/mol. The summed E-state index contributed by atoms with van der Waals surface area (Å²) in [6.07, 6.45) is 3.13. The first kappa shape index (κ1) is 22.6. The van der Waals surface area contributed by atoms with Crippen LogP contribution in [0.3, 0.4) is 0 Å². The summed E-state index contributed by atoms with van der Waals surface area (Å²) in [5.41, 5.74) is 3.90. The number of fused-ring (bicyclic) bond motifs is 2. The molecule has 2 aliphatic rings. The van der Waals surface area contributed by atoms with E-state index in [1.54, 1.807) is 7.05 Å². The lowest BCUT2D eigenvalue weighted by molar-refractivity contribution is 0.172. The molecule has 0 aliphatic carbocycles. The fourth-order valence-electron chi connectivity index (χ4n) is 4.49. The number of hydrogen-bond acceptors (Lipinski definition) is 5. The molecule has 0 radical (unpaired) electrons. The maximum Gasteiger partial charge on any atom is 0.276 e. The third-order valence-electron chi connectivity index (χ3n) is 6.29. The van der Waals surface area contributed by atoms with Gasteiger partial charge in [-0.15, -0.1) is 0 Å². The summed E-state index contributed by atoms with van der Waals surface area (Å²) in [6, 6.07) is 15.4. The van der Waals surface area contributed by atoms with Crippen molar-refractivity contribution in [2.45, 2.75) is 36.0 Å². The Morgan fingerprint density at radius 2 is 1.77 bits per heavy atom. The Morgan fingerprint density at radius 3 is 2.52 bits per heavy atom. The molecule has 0 aromatic heterocycles. The highest BCUT2D eigenvalue weighted by Crippen LogP contribution is 2.48. The van der Waals surface area contributed by atoms with Gasteiger partial charge in [-0.2, -0.15) is 12.7 Å². The Hall–Kier alpha value is -1.58. The van der Waals surface area contributed by atoms with Crippen molar-refractivity contribution in [3.8, 4) is 0 Å². The van der Waals surface area contributed by atoms with Crippen LogP contribution < -0.4 is 10.0 Å². The largest absolute Gasteiger partial charge is 0.340 e. The summed E-state index contributed by atoms with van der Waals surface area (Å²) in [5, 5.41) is 5.22. The van der Waals surface area contributed by atoms with Crippen LogP contribution in [0.5, 0.6) is 0 Å². The normalized spacial score (nSPS) is 17.6. The van der Waals surface area contributed by atoms with Crippen LogP contribution in [0, 0.1) is 12.8 Å². The van der Waals surface area contributed by atoms with E-state index in [0.29, 0.717) is 12.5 Å². The van der Waals surface area contributed by atoms with Gasteiger partial charge in [0.25, 0.3) is 10.2 Å². The molecule has 0 spiro atoms. The quantitative estimate of drug-likeness (QED) is 0.680. The molecule has 0 amide bonds. The first-order valence-electron chi connectivity index (χ1n) is 10.9. The molecule has 2 aromatic rings. The molecule has 0 unspecified atom stereocenters. The van der Waals surface area contributed by atoms with Gasteiger partial charge in [-0.1, -0.05) is 30.0 Å². The van der Waals surface area contributed by atoms with Crippen molar-refractivity contribution in [2.75, 3.05) is 44.7 Å². The average Bonchev–Trinajstić information content (AvgIpc) is 2.74. The Balaban J connectivity index is 1.33. The molecule has 2 aromatic carbocycles. The highest BCUT2D eigenvalue weighted by atomic mass is 32.2. The number of nitrogens with two attached hydrogens (primary N) is 1. The zero-order valence-electron chi connectivity index (χ0n) is 18.3. The molecule has 2 aliphatic heterocycles. The highest BCUT2D eigenvalue weighted by Gasteiger charge is 2.25. The summed E-state index contributed by atoms with van der Waals surface area (Å²) in [5.74, 6) is 0.389. The lowest BCUT2D eigenvalue weighted by Gasteiger charge is -2.35. The molecule has 2 heterocycles. The van der Waals surface area contributed by atoms with Crippen molar-refractivity contribution in [3.63, 3.8) is 0 Å². The van der Waals surface area contributed by atoms with Crippen LogP contribution in [0.4, 0.5) is 11.4 Å². The summed E-state index contributed by atoms with van der Waals surface area (Å²) in [4.78, 5) is 7.62. The van der Waals surface area contributed by atoms with E-state index in [2.05, 4.69) is 59.2 Å². The predicted octanol–water partition coefficient (Wildman–Crippen LogP) is 3.84. The van der Waals surface area contributed by atoms with Crippen molar-refractivity contribution >= 4 is 33.3 Å². The number of rotatable bonds is 7. The minimum Gasteiger partial charge on any atom is -0.340 e. The average molecular weight is 461 g/mol. The third kappa shape index (κ3) is 5.43. The minimum atomic E-state index is -3.58. The molecule has 8 heteroatoms. The van der Waals surface area contributed by atoms with Gasteiger partial charge in [0, 0.05) is 29.9 Å². The Kier molecular flexibility index (Phi) is 6.93. The van der Waals surface area contributed by atoms with Crippen molar-refractivity contribution in [2.24, 2.45) is 11.1 Å². The lowest BCUT2D eigenvalue weighted by Crippen LogP contribution is -2.42. The highest BCUT2D eigenvalue weighted by molar-refractivity contribution is 7.99. The number of likely N-dealkylation sites (tertiary alicyclic amines) is 1. The van der Waals surface area contributed by atoms with Crippen molar-refractivity contribution in [1.82, 2.24) is 9.21 Å². The zero-order valence-corrected chi connectivity index (χ0v) is 20.0. The number of hydrogen-bond donors (Lipinski definition) is 1. The maximum atomic E-state index is 11.4. The Morgan fingerprint density at radius 1 is 1.06 bits per heavy atom. The van der Waals surface area contributed by atoms with E-state index in [-0.39, 0.29) is 0 Å². The number of benzene rings is 2. The molecule has 0 bridgehead atoms. The first-order chi connectivity index (χ1) is 14.8. The first-order valence-corrected chi connectivity index (χ1v) is 13.2. The van der Waals surface area contributed by atoms with Gasteiger partial charge < -0.3 is 9.80 Å². The van der Waals surface area contributed by atoms with Crippen molar-refractivity contribution in [3.05, 3.63) is 48.0 Å². The van der Waals surface area contributed by atoms with Crippen LogP contribution in [0.15, 0.2) is 52.3 Å². The van der Waals surface area contributed by atoms with Gasteiger partial charge in [-0.05, 0) is 81.6 Å². The Labute approximate surface area is 190 Å². The second-order valence-electron chi connectivity index (χ2n) is 8.66.